The van der Waals surface area contributed by atoms with Crippen LogP contribution in [0.1, 0.15) is 33.6 Å². The van der Waals surface area contributed by atoms with Crippen molar-refractivity contribution < 1.29 is 14.3 Å². The summed E-state index contributed by atoms with van der Waals surface area (Å²) in [6.45, 7) is 6.70. The van der Waals surface area contributed by atoms with Gasteiger partial charge in [-0.25, -0.2) is 14.9 Å². The molecule has 15 heavy (non-hydrogen) atoms. The molecule has 5 heteroatoms. The van der Waals surface area contributed by atoms with Crippen molar-refractivity contribution in [2.24, 2.45) is 0 Å². The fourth-order valence-electron chi connectivity index (χ4n) is 1.39. The molecular formula is C10H18N2O3. The smallest absolute Gasteiger partial charge is 0.415 e. The lowest BCUT2D eigenvalue weighted by Gasteiger charge is -2.21. The van der Waals surface area contributed by atoms with Crippen molar-refractivity contribution in [3.05, 3.63) is 0 Å². The Hall–Kier alpha value is -1.26. The number of nitrogens with zero attached hydrogens (tertiary/aromatic N) is 1. The Morgan fingerprint density at radius 3 is 2.20 bits per heavy atom. The van der Waals surface area contributed by atoms with Crippen molar-refractivity contribution in [3.8, 4) is 0 Å². The van der Waals surface area contributed by atoms with Gasteiger partial charge in [-0.3, -0.25) is 0 Å². The number of carbonyl (C=O) groups excluding carboxylic acids is 2. The van der Waals surface area contributed by atoms with Crippen molar-refractivity contribution in [2.75, 3.05) is 13.1 Å². The molecule has 3 amide bonds. The van der Waals surface area contributed by atoms with Crippen LogP contribution < -0.4 is 5.32 Å². The first kappa shape index (κ1) is 11.8. The van der Waals surface area contributed by atoms with Crippen LogP contribution in [0.15, 0.2) is 0 Å². The maximum atomic E-state index is 11.5. The monoisotopic (exact) mass is 214 g/mol. The van der Waals surface area contributed by atoms with Crippen LogP contribution in [0, 0.1) is 0 Å². The lowest BCUT2D eigenvalue weighted by atomic mass is 10.2. The number of ether oxygens (including phenoxy) is 1. The van der Waals surface area contributed by atoms with E-state index in [-0.39, 0.29) is 6.03 Å². The Bertz CT molecular complexity index is 252. The summed E-state index contributed by atoms with van der Waals surface area (Å²) >= 11 is 0. The molecule has 5 nitrogen and oxygen atoms in total. The van der Waals surface area contributed by atoms with Crippen LogP contribution in [0.3, 0.4) is 0 Å². The highest BCUT2D eigenvalue weighted by atomic mass is 16.6. The van der Waals surface area contributed by atoms with Crippen molar-refractivity contribution in [1.29, 1.82) is 0 Å². The van der Waals surface area contributed by atoms with Crippen molar-refractivity contribution in [3.63, 3.8) is 0 Å². The van der Waals surface area contributed by atoms with Gasteiger partial charge in [0, 0.05) is 13.1 Å². The molecule has 0 bridgehead atoms. The number of hydrogen-bond acceptors (Lipinski definition) is 3. The van der Waals surface area contributed by atoms with Crippen LogP contribution in [-0.2, 0) is 4.74 Å². The number of urea groups is 1. The predicted molar refractivity (Wildman–Crippen MR) is 55.6 cm³/mol. The van der Waals surface area contributed by atoms with Crippen LogP contribution in [0.4, 0.5) is 9.59 Å². The standard InChI is InChI=1S/C10H18N2O3/c1-10(2,3)15-9(14)11-8(13)12-6-4-5-7-12/h4-7H2,1-3H3,(H,11,13,14). The summed E-state index contributed by atoms with van der Waals surface area (Å²) in [6.07, 6.45) is 1.32. The Morgan fingerprint density at radius 1 is 1.20 bits per heavy atom. The van der Waals surface area contributed by atoms with E-state index in [1.54, 1.807) is 25.7 Å². The molecule has 0 atom stereocenters. The van der Waals surface area contributed by atoms with E-state index in [4.69, 9.17) is 4.74 Å². The summed E-state index contributed by atoms with van der Waals surface area (Å²) in [4.78, 5) is 24.3. The third-order valence-electron chi connectivity index (χ3n) is 2.00. The quantitative estimate of drug-likeness (QED) is 0.668. The summed E-state index contributed by atoms with van der Waals surface area (Å²) < 4.78 is 4.97. The first-order valence-corrected chi connectivity index (χ1v) is 5.17. The minimum atomic E-state index is -0.681. The van der Waals surface area contributed by atoms with Gasteiger partial charge in [0.25, 0.3) is 0 Å². The zero-order valence-electron chi connectivity index (χ0n) is 9.50. The maximum absolute atomic E-state index is 11.5. The van der Waals surface area contributed by atoms with Gasteiger partial charge in [-0.05, 0) is 33.6 Å². The van der Waals surface area contributed by atoms with Crippen molar-refractivity contribution in [1.82, 2.24) is 10.2 Å². The van der Waals surface area contributed by atoms with E-state index in [1.807, 2.05) is 0 Å². The molecule has 0 aromatic rings. The second-order valence-electron chi connectivity index (χ2n) is 4.63. The highest BCUT2D eigenvalue weighted by Crippen LogP contribution is 2.09. The zero-order chi connectivity index (χ0) is 11.5. The fraction of sp³-hybridized carbons (Fsp3) is 0.800. The van der Waals surface area contributed by atoms with Gasteiger partial charge in [0.15, 0.2) is 0 Å². The first-order valence-electron chi connectivity index (χ1n) is 5.17. The Labute approximate surface area is 89.8 Å². The Balaban J connectivity index is 2.34. The van der Waals surface area contributed by atoms with Crippen LogP contribution in [0.5, 0.6) is 0 Å². The second-order valence-corrected chi connectivity index (χ2v) is 4.63. The number of amides is 3. The summed E-state index contributed by atoms with van der Waals surface area (Å²) in [7, 11) is 0. The highest BCUT2D eigenvalue weighted by molar-refractivity contribution is 5.90. The number of nitrogens with one attached hydrogen (secondary N) is 1. The molecule has 1 aliphatic heterocycles. The highest BCUT2D eigenvalue weighted by Gasteiger charge is 2.22. The number of rotatable bonds is 0. The van der Waals surface area contributed by atoms with Gasteiger partial charge in [-0.1, -0.05) is 0 Å². The molecular weight excluding hydrogens is 196 g/mol. The number of likely N-dealkylation sites (tertiary alicyclic amines) is 1. The van der Waals surface area contributed by atoms with E-state index < -0.39 is 11.7 Å². The van der Waals surface area contributed by atoms with Gasteiger partial charge >= 0.3 is 12.1 Å². The zero-order valence-corrected chi connectivity index (χ0v) is 9.50. The number of imide groups is 1. The van der Waals surface area contributed by atoms with Crippen LogP contribution in [-0.4, -0.2) is 35.7 Å². The molecule has 0 aliphatic carbocycles. The Kier molecular flexibility index (Phi) is 3.55. The van der Waals surface area contributed by atoms with Crippen molar-refractivity contribution in [2.45, 2.75) is 39.2 Å². The SMILES string of the molecule is CC(C)(C)OC(=O)NC(=O)N1CCCC1. The van der Waals surface area contributed by atoms with E-state index in [0.717, 1.165) is 12.8 Å². The van der Waals surface area contributed by atoms with E-state index in [9.17, 15) is 9.59 Å². The summed E-state index contributed by atoms with van der Waals surface area (Å²) in [6, 6.07) is -0.359. The van der Waals surface area contributed by atoms with Crippen LogP contribution >= 0.6 is 0 Å². The minimum absolute atomic E-state index is 0.359. The second kappa shape index (κ2) is 4.51. The van der Waals surface area contributed by atoms with Gasteiger partial charge in [0.1, 0.15) is 5.60 Å². The maximum Gasteiger partial charge on any atom is 0.415 e. The Morgan fingerprint density at radius 2 is 1.73 bits per heavy atom. The number of hydrogen-bond donors (Lipinski definition) is 1. The van der Waals surface area contributed by atoms with Gasteiger partial charge in [-0.15, -0.1) is 0 Å². The van der Waals surface area contributed by atoms with E-state index in [1.165, 1.54) is 0 Å². The normalized spacial score (nSPS) is 16.3. The topological polar surface area (TPSA) is 58.6 Å². The van der Waals surface area contributed by atoms with E-state index in [0.29, 0.717) is 13.1 Å². The van der Waals surface area contributed by atoms with Crippen LogP contribution in [0.25, 0.3) is 0 Å². The average molecular weight is 214 g/mol. The van der Waals surface area contributed by atoms with E-state index in [2.05, 4.69) is 5.32 Å². The molecule has 0 spiro atoms. The molecule has 0 aromatic heterocycles. The summed E-state index contributed by atoms with van der Waals surface area (Å²) in [5.41, 5.74) is -0.574. The third kappa shape index (κ3) is 4.18. The molecule has 0 saturated carbocycles. The van der Waals surface area contributed by atoms with Gasteiger partial charge in [-0.2, -0.15) is 0 Å². The molecule has 1 fully saturated rings. The van der Waals surface area contributed by atoms with Crippen LogP contribution in [0.2, 0.25) is 0 Å². The van der Waals surface area contributed by atoms with Gasteiger partial charge in [0.05, 0.1) is 0 Å². The van der Waals surface area contributed by atoms with Gasteiger partial charge < -0.3 is 9.64 Å². The molecule has 0 radical (unpaired) electrons. The minimum Gasteiger partial charge on any atom is -0.443 e. The molecule has 1 saturated heterocycles. The number of alkyl carbamates (subject to hydrolysis) is 1. The predicted octanol–water partition coefficient (Wildman–Crippen LogP) is 1.73. The van der Waals surface area contributed by atoms with E-state index >= 15 is 0 Å². The molecule has 1 aliphatic rings. The molecule has 0 aromatic carbocycles. The third-order valence-corrected chi connectivity index (χ3v) is 2.00. The average Bonchev–Trinajstić information content (AvgIpc) is 2.50. The first-order chi connectivity index (χ1) is 6.88. The lowest BCUT2D eigenvalue weighted by Crippen LogP contribution is -2.43. The fourth-order valence-corrected chi connectivity index (χ4v) is 1.39. The lowest BCUT2D eigenvalue weighted by molar-refractivity contribution is 0.0537. The largest absolute Gasteiger partial charge is 0.443 e. The molecule has 1 heterocycles. The van der Waals surface area contributed by atoms with Crippen molar-refractivity contribution >= 4 is 12.1 Å². The summed E-state index contributed by atoms with van der Waals surface area (Å²) in [5.74, 6) is 0. The molecule has 86 valence electrons. The molecule has 1 N–H and O–H groups in total. The summed E-state index contributed by atoms with van der Waals surface area (Å²) in [5, 5.41) is 2.20. The molecule has 1 rings (SSSR count). The number of carbonyl (C=O) groups is 2. The molecule has 0 unspecified atom stereocenters. The van der Waals surface area contributed by atoms with Gasteiger partial charge in [0.2, 0.25) is 0 Å².